The van der Waals surface area contributed by atoms with Gasteiger partial charge in [-0.2, -0.15) is 0 Å². The second-order valence-electron chi connectivity index (χ2n) is 8.69. The van der Waals surface area contributed by atoms with Gasteiger partial charge in [0.25, 0.3) is 0 Å². The minimum atomic E-state index is -0.288. The minimum Gasteiger partial charge on any atom is -0.457 e. The van der Waals surface area contributed by atoms with Gasteiger partial charge in [0, 0.05) is 36.3 Å². The van der Waals surface area contributed by atoms with Crippen molar-refractivity contribution in [2.24, 2.45) is 5.92 Å². The third kappa shape index (κ3) is 5.17. The number of halogens is 1. The molecule has 0 bridgehead atoms. The zero-order chi connectivity index (χ0) is 23.3. The minimum absolute atomic E-state index is 0.0672. The predicted octanol–water partition coefficient (Wildman–Crippen LogP) is 6.65. The molecule has 1 aromatic heterocycles. The molecule has 2 heterocycles. The number of aromatic nitrogens is 1. The van der Waals surface area contributed by atoms with Crippen molar-refractivity contribution < 1.29 is 13.9 Å². The summed E-state index contributed by atoms with van der Waals surface area (Å²) in [7, 11) is 0. The molecule has 0 saturated carbocycles. The normalized spacial score (nSPS) is 15.8. The molecule has 5 nitrogen and oxygen atoms in total. The first-order valence-electron chi connectivity index (χ1n) is 11.5. The second-order valence-corrected chi connectivity index (χ2v) is 8.69. The van der Waals surface area contributed by atoms with Crippen molar-refractivity contribution in [3.8, 4) is 11.5 Å². The van der Waals surface area contributed by atoms with Crippen molar-refractivity contribution >= 4 is 22.5 Å². The molecule has 1 N–H and O–H groups in total. The van der Waals surface area contributed by atoms with Crippen LogP contribution in [-0.4, -0.2) is 29.0 Å². The Labute approximate surface area is 198 Å². The number of carbonyl (C=O) groups is 1. The molecule has 4 aromatic rings. The fourth-order valence-corrected chi connectivity index (χ4v) is 4.55. The Hall–Kier alpha value is -3.93. The second kappa shape index (κ2) is 9.91. The highest BCUT2D eigenvalue weighted by atomic mass is 19.1. The number of hydrogen-bond donors (Lipinski definition) is 1. The van der Waals surface area contributed by atoms with Gasteiger partial charge < -0.3 is 15.0 Å². The number of carbonyl (C=O) groups excluding carboxylic acids is 1. The van der Waals surface area contributed by atoms with Gasteiger partial charge in [-0.05, 0) is 79.3 Å². The van der Waals surface area contributed by atoms with Crippen LogP contribution in [0, 0.1) is 11.7 Å². The molecule has 3 aromatic carbocycles. The van der Waals surface area contributed by atoms with E-state index in [1.807, 2.05) is 47.4 Å². The van der Waals surface area contributed by atoms with Gasteiger partial charge in [-0.1, -0.05) is 24.3 Å². The summed E-state index contributed by atoms with van der Waals surface area (Å²) in [5.41, 5.74) is 1.96. The highest BCUT2D eigenvalue weighted by Crippen LogP contribution is 2.27. The van der Waals surface area contributed by atoms with Crippen molar-refractivity contribution in [1.82, 2.24) is 9.88 Å². The van der Waals surface area contributed by atoms with E-state index in [0.29, 0.717) is 18.2 Å². The summed E-state index contributed by atoms with van der Waals surface area (Å²) in [5, 5.41) is 5.08. The number of ether oxygens (including phenoxy) is 1. The molecular weight excluding hydrogens is 429 g/mol. The van der Waals surface area contributed by atoms with E-state index in [1.165, 1.54) is 12.1 Å². The number of anilines is 1. The largest absolute Gasteiger partial charge is 0.457 e. The van der Waals surface area contributed by atoms with Crippen molar-refractivity contribution in [1.29, 1.82) is 0 Å². The van der Waals surface area contributed by atoms with Crippen molar-refractivity contribution in [3.63, 3.8) is 0 Å². The van der Waals surface area contributed by atoms with Gasteiger partial charge >= 0.3 is 6.03 Å². The van der Waals surface area contributed by atoms with Gasteiger partial charge in [0.2, 0.25) is 0 Å². The summed E-state index contributed by atoms with van der Waals surface area (Å²) < 4.78 is 19.0. The first kappa shape index (κ1) is 21.9. The van der Waals surface area contributed by atoms with E-state index in [4.69, 9.17) is 4.74 Å². The van der Waals surface area contributed by atoms with Crippen molar-refractivity contribution in [2.75, 3.05) is 18.4 Å². The number of nitrogens with zero attached hydrogens (tertiary/aromatic N) is 2. The zero-order valence-corrected chi connectivity index (χ0v) is 18.8. The number of likely N-dealkylation sites (tertiary alicyclic amines) is 1. The van der Waals surface area contributed by atoms with Crippen LogP contribution in [0.4, 0.5) is 14.9 Å². The lowest BCUT2D eigenvalue weighted by Crippen LogP contribution is -2.42. The van der Waals surface area contributed by atoms with Crippen molar-refractivity contribution in [3.05, 3.63) is 96.6 Å². The number of nitrogens with one attached hydrogen (secondary N) is 1. The van der Waals surface area contributed by atoms with E-state index >= 15 is 0 Å². The summed E-state index contributed by atoms with van der Waals surface area (Å²) in [6.45, 7) is 1.46. The number of pyridine rings is 1. The maximum absolute atomic E-state index is 13.1. The monoisotopic (exact) mass is 455 g/mol. The summed E-state index contributed by atoms with van der Waals surface area (Å²) in [6, 6.07) is 21.7. The molecule has 0 aliphatic carbocycles. The Balaban J connectivity index is 1.22. The van der Waals surface area contributed by atoms with Crippen LogP contribution >= 0.6 is 0 Å². The van der Waals surface area contributed by atoms with Crippen LogP contribution in [0.5, 0.6) is 11.5 Å². The van der Waals surface area contributed by atoms with Gasteiger partial charge in [0.05, 0.1) is 5.69 Å². The van der Waals surface area contributed by atoms with Gasteiger partial charge in [-0.3, -0.25) is 4.98 Å². The molecule has 34 heavy (non-hydrogen) atoms. The molecular formula is C28H26FN3O2. The summed E-state index contributed by atoms with van der Waals surface area (Å²) in [4.78, 5) is 19.1. The smallest absolute Gasteiger partial charge is 0.321 e. The molecule has 1 fully saturated rings. The quantitative estimate of drug-likeness (QED) is 0.366. The summed E-state index contributed by atoms with van der Waals surface area (Å²) in [6.07, 6.45) is 6.46. The Morgan fingerprint density at radius 3 is 2.79 bits per heavy atom. The first-order valence-corrected chi connectivity index (χ1v) is 11.5. The van der Waals surface area contributed by atoms with Crippen LogP contribution < -0.4 is 10.1 Å². The molecule has 0 spiro atoms. The number of urea groups is 1. The lowest BCUT2D eigenvalue weighted by atomic mass is 9.91. The SMILES string of the molecule is O=C(Nc1cccc2cnccc12)N1CCCC(Cc2cccc(Oc3ccc(F)cc3)c2)C1. The maximum Gasteiger partial charge on any atom is 0.321 e. The van der Waals surface area contributed by atoms with E-state index in [9.17, 15) is 9.18 Å². The van der Waals surface area contributed by atoms with Gasteiger partial charge in [0.1, 0.15) is 17.3 Å². The molecule has 6 heteroatoms. The number of benzene rings is 3. The van der Waals surface area contributed by atoms with E-state index in [-0.39, 0.29) is 11.8 Å². The molecule has 1 aliphatic rings. The lowest BCUT2D eigenvalue weighted by Gasteiger charge is -2.33. The molecule has 0 radical (unpaired) electrons. The molecule has 2 amide bonds. The first-order chi connectivity index (χ1) is 16.6. The van der Waals surface area contributed by atoms with Gasteiger partial charge in [-0.25, -0.2) is 9.18 Å². The number of rotatable bonds is 5. The number of fused-ring (bicyclic) bond motifs is 1. The average Bonchev–Trinajstić information content (AvgIpc) is 2.86. The predicted molar refractivity (Wildman–Crippen MR) is 132 cm³/mol. The molecule has 1 aliphatic heterocycles. The molecule has 1 saturated heterocycles. The number of hydrogen-bond acceptors (Lipinski definition) is 3. The molecule has 172 valence electrons. The number of amides is 2. The zero-order valence-electron chi connectivity index (χ0n) is 18.8. The highest BCUT2D eigenvalue weighted by Gasteiger charge is 2.24. The van der Waals surface area contributed by atoms with E-state index in [1.54, 1.807) is 24.5 Å². The third-order valence-electron chi connectivity index (χ3n) is 6.20. The standard InChI is InChI=1S/C28H26FN3O2/c29-23-9-11-24(12-10-23)34-25-7-1-4-20(17-25)16-21-5-3-15-32(19-21)28(33)31-27-8-2-6-22-18-30-14-13-26(22)27/h1-2,4,6-14,17-18,21H,3,5,15-16,19H2,(H,31,33). The molecule has 5 rings (SSSR count). The van der Waals surface area contributed by atoms with Gasteiger partial charge in [-0.15, -0.1) is 0 Å². The fraction of sp³-hybridized carbons (Fsp3) is 0.214. The Kier molecular flexibility index (Phi) is 6.38. The van der Waals surface area contributed by atoms with Crippen LogP contribution in [0.2, 0.25) is 0 Å². The van der Waals surface area contributed by atoms with E-state index in [2.05, 4.69) is 16.4 Å². The number of piperidine rings is 1. The Morgan fingerprint density at radius 1 is 1.06 bits per heavy atom. The molecule has 1 unspecified atom stereocenters. The highest BCUT2D eigenvalue weighted by molar-refractivity contribution is 6.01. The van der Waals surface area contributed by atoms with Crippen LogP contribution in [0.3, 0.4) is 0 Å². The topological polar surface area (TPSA) is 54.5 Å². The fourth-order valence-electron chi connectivity index (χ4n) is 4.55. The average molecular weight is 456 g/mol. The Bertz CT molecular complexity index is 1290. The summed E-state index contributed by atoms with van der Waals surface area (Å²) >= 11 is 0. The van der Waals surface area contributed by atoms with Crippen LogP contribution in [0.15, 0.2) is 85.2 Å². The Morgan fingerprint density at radius 2 is 1.91 bits per heavy atom. The van der Waals surface area contributed by atoms with Crippen molar-refractivity contribution in [2.45, 2.75) is 19.3 Å². The van der Waals surface area contributed by atoms with E-state index in [0.717, 1.165) is 53.6 Å². The van der Waals surface area contributed by atoms with Gasteiger partial charge in [0.15, 0.2) is 0 Å². The van der Waals surface area contributed by atoms with Crippen LogP contribution in [-0.2, 0) is 6.42 Å². The summed E-state index contributed by atoms with van der Waals surface area (Å²) in [5.74, 6) is 1.41. The molecule has 1 atom stereocenters. The lowest BCUT2D eigenvalue weighted by molar-refractivity contribution is 0.177. The maximum atomic E-state index is 13.1. The van der Waals surface area contributed by atoms with Crippen LogP contribution in [0.1, 0.15) is 18.4 Å². The third-order valence-corrected chi connectivity index (χ3v) is 6.20. The van der Waals surface area contributed by atoms with Crippen LogP contribution in [0.25, 0.3) is 10.8 Å². The van der Waals surface area contributed by atoms with E-state index < -0.39 is 0 Å².